The second-order valence-corrected chi connectivity index (χ2v) is 9.98. The van der Waals surface area contributed by atoms with Crippen molar-refractivity contribution in [1.82, 2.24) is 16.0 Å². The Balaban J connectivity index is 5.39. The smallest absolute Gasteiger partial charge is 0.326 e. The molecule has 0 fully saturated rings. The van der Waals surface area contributed by atoms with Crippen molar-refractivity contribution < 1.29 is 24.3 Å². The fourth-order valence-corrected chi connectivity index (χ4v) is 3.65. The van der Waals surface area contributed by atoms with E-state index in [1.807, 2.05) is 20.1 Å². The molecule has 0 saturated heterocycles. The van der Waals surface area contributed by atoms with E-state index in [0.717, 1.165) is 5.75 Å². The number of nitrogens with two attached hydrogens (primary N) is 2. The van der Waals surface area contributed by atoms with Gasteiger partial charge in [0.1, 0.15) is 18.1 Å². The minimum atomic E-state index is -1.13. The van der Waals surface area contributed by atoms with E-state index in [4.69, 9.17) is 11.5 Å². The number of carbonyl (C=O) groups excluding carboxylic acids is 3. The normalized spacial score (nSPS) is 14.9. The van der Waals surface area contributed by atoms with Gasteiger partial charge in [0.2, 0.25) is 17.7 Å². The molecule has 0 radical (unpaired) electrons. The third kappa shape index (κ3) is 12.8. The fourth-order valence-electron chi connectivity index (χ4n) is 3.16. The second-order valence-electron chi connectivity index (χ2n) is 8.99. The molecule has 0 aliphatic rings. The lowest BCUT2D eigenvalue weighted by Crippen LogP contribution is -2.58. The second kappa shape index (κ2) is 16.7. The summed E-state index contributed by atoms with van der Waals surface area (Å²) in [6.45, 7) is 7.73. The van der Waals surface area contributed by atoms with Gasteiger partial charge in [-0.05, 0) is 62.5 Å². The maximum Gasteiger partial charge on any atom is 0.326 e. The Labute approximate surface area is 201 Å². The van der Waals surface area contributed by atoms with E-state index in [0.29, 0.717) is 32.2 Å². The number of thioether (sulfide) groups is 1. The summed E-state index contributed by atoms with van der Waals surface area (Å²) in [7, 11) is 0. The Hall–Kier alpha value is -1.85. The van der Waals surface area contributed by atoms with Gasteiger partial charge >= 0.3 is 5.97 Å². The zero-order chi connectivity index (χ0) is 25.6. The topological polar surface area (TPSA) is 177 Å². The Morgan fingerprint density at radius 3 is 1.97 bits per heavy atom. The van der Waals surface area contributed by atoms with E-state index in [1.165, 1.54) is 0 Å². The van der Waals surface area contributed by atoms with Crippen molar-refractivity contribution in [3.8, 4) is 0 Å². The van der Waals surface area contributed by atoms with Gasteiger partial charge in [-0.1, -0.05) is 27.7 Å². The number of aliphatic carboxylic acids is 1. The number of amides is 3. The first kappa shape index (κ1) is 31.1. The van der Waals surface area contributed by atoms with Crippen molar-refractivity contribution in [2.24, 2.45) is 23.3 Å². The minimum absolute atomic E-state index is 0.0625. The fraction of sp³-hybridized carbons (Fsp3) is 0.818. The first-order valence-electron chi connectivity index (χ1n) is 11.5. The molecule has 0 aliphatic heterocycles. The summed E-state index contributed by atoms with van der Waals surface area (Å²) in [5, 5.41) is 17.4. The van der Waals surface area contributed by atoms with Crippen LogP contribution < -0.4 is 27.4 Å². The van der Waals surface area contributed by atoms with Gasteiger partial charge in [-0.25, -0.2) is 4.79 Å². The van der Waals surface area contributed by atoms with Gasteiger partial charge in [0, 0.05) is 0 Å². The maximum atomic E-state index is 13.0. The molecule has 10 nitrogen and oxygen atoms in total. The van der Waals surface area contributed by atoms with Crippen LogP contribution in [-0.4, -0.2) is 71.5 Å². The quantitative estimate of drug-likeness (QED) is 0.159. The van der Waals surface area contributed by atoms with Crippen LogP contribution in [0, 0.1) is 11.8 Å². The molecule has 4 unspecified atom stereocenters. The monoisotopic (exact) mass is 489 g/mol. The number of rotatable bonds is 17. The SMILES string of the molecule is CSCCC(N)C(=O)NC(C(=O)NC(CCCCN)C(=O)NC(CC(C)C)C(=O)O)C(C)C. The molecule has 11 heteroatoms. The molecule has 0 saturated carbocycles. The average molecular weight is 490 g/mol. The summed E-state index contributed by atoms with van der Waals surface area (Å²) >= 11 is 1.58. The van der Waals surface area contributed by atoms with Crippen LogP contribution in [0.2, 0.25) is 0 Å². The van der Waals surface area contributed by atoms with Crippen LogP contribution in [0.25, 0.3) is 0 Å². The molecule has 192 valence electrons. The van der Waals surface area contributed by atoms with Crippen LogP contribution >= 0.6 is 11.8 Å². The first-order chi connectivity index (χ1) is 15.4. The van der Waals surface area contributed by atoms with Crippen LogP contribution in [0.5, 0.6) is 0 Å². The van der Waals surface area contributed by atoms with Gasteiger partial charge in [0.25, 0.3) is 0 Å². The van der Waals surface area contributed by atoms with Crippen LogP contribution in [0.1, 0.15) is 59.8 Å². The molecule has 3 amide bonds. The molecule has 8 N–H and O–H groups in total. The van der Waals surface area contributed by atoms with Crippen LogP contribution in [0.4, 0.5) is 0 Å². The molecular formula is C22H43N5O5S. The highest BCUT2D eigenvalue weighted by molar-refractivity contribution is 7.98. The van der Waals surface area contributed by atoms with E-state index in [1.54, 1.807) is 25.6 Å². The molecule has 0 heterocycles. The number of unbranched alkanes of at least 4 members (excludes halogenated alkanes) is 1. The third-order valence-corrected chi connectivity index (χ3v) is 5.76. The Kier molecular flexibility index (Phi) is 15.8. The standard InChI is InChI=1S/C22H43N5O5S/c1-13(2)12-17(22(31)32)26-20(29)16(8-6-7-10-23)25-21(30)18(14(3)4)27-19(28)15(24)9-11-33-5/h13-18H,6-12,23-24H2,1-5H3,(H,25,30)(H,26,29)(H,27,28)(H,31,32). The van der Waals surface area contributed by atoms with Gasteiger partial charge < -0.3 is 32.5 Å². The maximum absolute atomic E-state index is 13.0. The number of nitrogens with one attached hydrogen (secondary N) is 3. The summed E-state index contributed by atoms with van der Waals surface area (Å²) in [4.78, 5) is 49.9. The Morgan fingerprint density at radius 2 is 1.48 bits per heavy atom. The number of carboxylic acids is 1. The van der Waals surface area contributed by atoms with Gasteiger partial charge in [-0.15, -0.1) is 0 Å². The molecule has 0 aromatic heterocycles. The van der Waals surface area contributed by atoms with Crippen LogP contribution in [-0.2, 0) is 19.2 Å². The van der Waals surface area contributed by atoms with Crippen molar-refractivity contribution in [3.05, 3.63) is 0 Å². The highest BCUT2D eigenvalue weighted by Gasteiger charge is 2.31. The highest BCUT2D eigenvalue weighted by Crippen LogP contribution is 2.09. The van der Waals surface area contributed by atoms with Gasteiger partial charge in [-0.2, -0.15) is 11.8 Å². The molecule has 0 rings (SSSR count). The summed E-state index contributed by atoms with van der Waals surface area (Å²) in [5.74, 6) is -2.11. The number of carbonyl (C=O) groups is 4. The van der Waals surface area contributed by atoms with Crippen molar-refractivity contribution in [1.29, 1.82) is 0 Å². The molecule has 33 heavy (non-hydrogen) atoms. The van der Waals surface area contributed by atoms with E-state index in [2.05, 4.69) is 16.0 Å². The van der Waals surface area contributed by atoms with Gasteiger partial charge in [0.15, 0.2) is 0 Å². The lowest BCUT2D eigenvalue weighted by atomic mass is 10.0. The van der Waals surface area contributed by atoms with Crippen LogP contribution in [0.15, 0.2) is 0 Å². The van der Waals surface area contributed by atoms with Crippen molar-refractivity contribution in [2.45, 2.75) is 84.0 Å². The van der Waals surface area contributed by atoms with E-state index >= 15 is 0 Å². The molecule has 0 aliphatic carbocycles. The van der Waals surface area contributed by atoms with E-state index in [9.17, 15) is 24.3 Å². The predicted molar refractivity (Wildman–Crippen MR) is 132 cm³/mol. The largest absolute Gasteiger partial charge is 0.480 e. The van der Waals surface area contributed by atoms with Crippen molar-refractivity contribution in [2.75, 3.05) is 18.6 Å². The zero-order valence-electron chi connectivity index (χ0n) is 20.6. The van der Waals surface area contributed by atoms with Crippen molar-refractivity contribution in [3.63, 3.8) is 0 Å². The zero-order valence-corrected chi connectivity index (χ0v) is 21.4. The lowest BCUT2D eigenvalue weighted by Gasteiger charge is -2.27. The van der Waals surface area contributed by atoms with Crippen molar-refractivity contribution >= 4 is 35.5 Å². The summed E-state index contributed by atoms with van der Waals surface area (Å²) in [5.41, 5.74) is 11.5. The predicted octanol–water partition coefficient (Wildman–Crippen LogP) is 0.437. The summed E-state index contributed by atoms with van der Waals surface area (Å²) in [6.07, 6.45) is 4.20. The van der Waals surface area contributed by atoms with E-state index < -0.39 is 47.9 Å². The third-order valence-electron chi connectivity index (χ3n) is 5.12. The average Bonchev–Trinajstić information content (AvgIpc) is 2.73. The number of hydrogen-bond acceptors (Lipinski definition) is 7. The highest BCUT2D eigenvalue weighted by atomic mass is 32.2. The molecule has 0 spiro atoms. The van der Waals surface area contributed by atoms with Gasteiger partial charge in [0.05, 0.1) is 6.04 Å². The Morgan fingerprint density at radius 1 is 0.879 bits per heavy atom. The summed E-state index contributed by atoms with van der Waals surface area (Å²) in [6, 6.07) is -3.61. The molecule has 0 aromatic carbocycles. The number of hydrogen-bond donors (Lipinski definition) is 6. The first-order valence-corrected chi connectivity index (χ1v) is 12.9. The Bertz CT molecular complexity index is 632. The molecular weight excluding hydrogens is 446 g/mol. The lowest BCUT2D eigenvalue weighted by molar-refractivity contribution is -0.143. The molecule has 0 bridgehead atoms. The van der Waals surface area contributed by atoms with Crippen LogP contribution in [0.3, 0.4) is 0 Å². The number of carboxylic acid groups (broad SMARTS) is 1. The molecule has 0 aromatic rings. The minimum Gasteiger partial charge on any atom is -0.480 e. The van der Waals surface area contributed by atoms with E-state index in [-0.39, 0.29) is 18.3 Å². The molecule has 4 atom stereocenters. The van der Waals surface area contributed by atoms with Gasteiger partial charge in [-0.3, -0.25) is 14.4 Å². The summed E-state index contributed by atoms with van der Waals surface area (Å²) < 4.78 is 0.